The van der Waals surface area contributed by atoms with E-state index in [2.05, 4.69) is 22.1 Å². The average molecular weight is 331 g/mol. The summed E-state index contributed by atoms with van der Waals surface area (Å²) in [4.78, 5) is 20.6. The number of hydrogen-bond donors (Lipinski definition) is 1. The topological polar surface area (TPSA) is 54.5 Å². The van der Waals surface area contributed by atoms with Gasteiger partial charge in [-0.1, -0.05) is 6.92 Å². The van der Waals surface area contributed by atoms with Gasteiger partial charge < -0.3 is 4.74 Å². The van der Waals surface area contributed by atoms with Crippen LogP contribution in [0.1, 0.15) is 34.3 Å². The molecule has 0 fully saturated rings. The molecule has 1 aliphatic rings. The number of amides is 1. The number of carbonyl (C=O) groups excluding carboxylic acids is 1. The predicted octanol–water partition coefficient (Wildman–Crippen LogP) is 3.17. The van der Waals surface area contributed by atoms with Gasteiger partial charge in [-0.2, -0.15) is 0 Å². The molecular formula is C17H21N3O2S. The number of carbonyl (C=O) groups is 1. The van der Waals surface area contributed by atoms with Crippen LogP contribution in [-0.2, 0) is 13.0 Å². The van der Waals surface area contributed by atoms with Gasteiger partial charge in [0.15, 0.2) is 5.13 Å². The van der Waals surface area contributed by atoms with Gasteiger partial charge in [-0.05, 0) is 37.2 Å². The molecule has 1 N–H and O–H groups in total. The lowest BCUT2D eigenvalue weighted by Crippen LogP contribution is -2.30. The van der Waals surface area contributed by atoms with Gasteiger partial charge in [0.05, 0.1) is 12.8 Å². The highest BCUT2D eigenvalue weighted by Crippen LogP contribution is 2.28. The molecule has 23 heavy (non-hydrogen) atoms. The second-order valence-corrected chi connectivity index (χ2v) is 6.68. The number of nitrogens with one attached hydrogen (secondary N) is 1. The van der Waals surface area contributed by atoms with Crippen LogP contribution in [0.3, 0.4) is 0 Å². The first-order valence-corrected chi connectivity index (χ1v) is 8.67. The number of ether oxygens (including phenoxy) is 1. The van der Waals surface area contributed by atoms with Crippen molar-refractivity contribution in [3.8, 4) is 5.75 Å². The number of anilines is 1. The van der Waals surface area contributed by atoms with Crippen LogP contribution in [0.2, 0.25) is 0 Å². The molecule has 3 rings (SSSR count). The van der Waals surface area contributed by atoms with Crippen molar-refractivity contribution >= 4 is 22.4 Å². The molecule has 5 nitrogen and oxygen atoms in total. The Morgan fingerprint density at radius 2 is 2.17 bits per heavy atom. The molecule has 0 aliphatic carbocycles. The molecule has 0 atom stereocenters. The number of fused-ring (bicyclic) bond motifs is 1. The van der Waals surface area contributed by atoms with Crippen LogP contribution >= 0.6 is 11.3 Å². The summed E-state index contributed by atoms with van der Waals surface area (Å²) >= 11 is 1.59. The van der Waals surface area contributed by atoms with Crippen molar-refractivity contribution < 1.29 is 9.53 Å². The van der Waals surface area contributed by atoms with Gasteiger partial charge in [-0.25, -0.2) is 4.98 Å². The number of thiazole rings is 1. The first kappa shape index (κ1) is 16.0. The molecule has 6 heteroatoms. The average Bonchev–Trinajstić information content (AvgIpc) is 2.96. The molecule has 0 radical (unpaired) electrons. The molecule has 1 aromatic heterocycles. The van der Waals surface area contributed by atoms with Crippen LogP contribution in [0.15, 0.2) is 24.3 Å². The van der Waals surface area contributed by atoms with Gasteiger partial charge >= 0.3 is 0 Å². The third-order valence-electron chi connectivity index (χ3n) is 3.92. The third kappa shape index (κ3) is 3.71. The Morgan fingerprint density at radius 1 is 1.39 bits per heavy atom. The lowest BCUT2D eigenvalue weighted by atomic mass is 10.2. The van der Waals surface area contributed by atoms with E-state index in [9.17, 15) is 4.79 Å². The molecular weight excluding hydrogens is 310 g/mol. The minimum Gasteiger partial charge on any atom is -0.497 e. The first-order chi connectivity index (χ1) is 11.2. The number of nitrogens with zero attached hydrogens (tertiary/aromatic N) is 2. The van der Waals surface area contributed by atoms with E-state index in [1.807, 2.05) is 0 Å². The SMILES string of the molecule is CCCN1CCc2nc(NC(=O)c3ccc(OC)cc3)sc2C1. The van der Waals surface area contributed by atoms with Crippen LogP contribution in [-0.4, -0.2) is 36.0 Å². The highest BCUT2D eigenvalue weighted by atomic mass is 32.1. The van der Waals surface area contributed by atoms with E-state index in [0.29, 0.717) is 10.7 Å². The lowest BCUT2D eigenvalue weighted by Gasteiger charge is -2.24. The summed E-state index contributed by atoms with van der Waals surface area (Å²) < 4.78 is 5.11. The van der Waals surface area contributed by atoms with E-state index in [0.717, 1.165) is 43.9 Å². The predicted molar refractivity (Wildman–Crippen MR) is 92.3 cm³/mol. The Balaban J connectivity index is 1.67. The number of rotatable bonds is 5. The highest BCUT2D eigenvalue weighted by molar-refractivity contribution is 7.15. The van der Waals surface area contributed by atoms with Crippen molar-refractivity contribution in [3.05, 3.63) is 40.4 Å². The quantitative estimate of drug-likeness (QED) is 0.914. The van der Waals surface area contributed by atoms with E-state index in [4.69, 9.17) is 4.74 Å². The zero-order valence-electron chi connectivity index (χ0n) is 13.5. The molecule has 122 valence electrons. The molecule has 0 unspecified atom stereocenters. The van der Waals surface area contributed by atoms with Crippen molar-refractivity contribution in [2.24, 2.45) is 0 Å². The summed E-state index contributed by atoms with van der Waals surface area (Å²) in [6.07, 6.45) is 2.12. The molecule has 0 saturated heterocycles. The van der Waals surface area contributed by atoms with Crippen molar-refractivity contribution in [2.75, 3.05) is 25.5 Å². The normalized spacial score (nSPS) is 14.3. The summed E-state index contributed by atoms with van der Waals surface area (Å²) in [5.41, 5.74) is 1.74. The Morgan fingerprint density at radius 3 is 2.87 bits per heavy atom. The maximum atomic E-state index is 12.3. The van der Waals surface area contributed by atoms with Gasteiger partial charge in [-0.15, -0.1) is 11.3 Å². The molecule has 2 aromatic rings. The van der Waals surface area contributed by atoms with Crippen LogP contribution in [0.4, 0.5) is 5.13 Å². The van der Waals surface area contributed by atoms with Crippen LogP contribution in [0, 0.1) is 0 Å². The van der Waals surface area contributed by atoms with E-state index < -0.39 is 0 Å². The van der Waals surface area contributed by atoms with Gasteiger partial charge in [0.25, 0.3) is 5.91 Å². The number of aromatic nitrogens is 1. The monoisotopic (exact) mass is 331 g/mol. The molecule has 1 amide bonds. The maximum Gasteiger partial charge on any atom is 0.257 e. The minimum atomic E-state index is -0.135. The second kappa shape index (κ2) is 7.10. The van der Waals surface area contributed by atoms with Crippen LogP contribution in [0.25, 0.3) is 0 Å². The number of hydrogen-bond acceptors (Lipinski definition) is 5. The Hall–Kier alpha value is -1.92. The highest BCUT2D eigenvalue weighted by Gasteiger charge is 2.21. The zero-order valence-corrected chi connectivity index (χ0v) is 14.3. The van der Waals surface area contributed by atoms with E-state index >= 15 is 0 Å². The molecule has 1 aromatic carbocycles. The fourth-order valence-corrected chi connectivity index (χ4v) is 3.77. The maximum absolute atomic E-state index is 12.3. The van der Waals surface area contributed by atoms with Gasteiger partial charge in [0.2, 0.25) is 0 Å². The van der Waals surface area contributed by atoms with Crippen molar-refractivity contribution in [1.29, 1.82) is 0 Å². The minimum absolute atomic E-state index is 0.135. The largest absolute Gasteiger partial charge is 0.497 e. The Bertz CT molecular complexity index is 682. The van der Waals surface area contributed by atoms with Crippen LogP contribution < -0.4 is 10.1 Å². The smallest absolute Gasteiger partial charge is 0.257 e. The third-order valence-corrected chi connectivity index (χ3v) is 4.92. The van der Waals surface area contributed by atoms with E-state index in [-0.39, 0.29) is 5.91 Å². The van der Waals surface area contributed by atoms with Crippen LogP contribution in [0.5, 0.6) is 5.75 Å². The second-order valence-electron chi connectivity index (χ2n) is 5.60. The first-order valence-electron chi connectivity index (χ1n) is 7.86. The Labute approximate surface area is 140 Å². The van der Waals surface area contributed by atoms with Crippen molar-refractivity contribution in [1.82, 2.24) is 9.88 Å². The molecule has 2 heterocycles. The van der Waals surface area contributed by atoms with Crippen molar-refractivity contribution in [2.45, 2.75) is 26.3 Å². The van der Waals surface area contributed by atoms with Gasteiger partial charge in [-0.3, -0.25) is 15.0 Å². The lowest BCUT2D eigenvalue weighted by molar-refractivity contribution is 0.102. The molecule has 0 spiro atoms. The number of benzene rings is 1. The van der Waals surface area contributed by atoms with E-state index in [1.165, 1.54) is 4.88 Å². The van der Waals surface area contributed by atoms with Gasteiger partial charge in [0, 0.05) is 30.0 Å². The van der Waals surface area contributed by atoms with Crippen molar-refractivity contribution in [3.63, 3.8) is 0 Å². The summed E-state index contributed by atoms with van der Waals surface area (Å²) in [7, 11) is 1.61. The fraction of sp³-hybridized carbons (Fsp3) is 0.412. The summed E-state index contributed by atoms with van der Waals surface area (Å²) in [5.74, 6) is 0.603. The Kier molecular flexibility index (Phi) is 4.93. The zero-order chi connectivity index (χ0) is 16.2. The fourth-order valence-electron chi connectivity index (χ4n) is 2.72. The molecule has 0 bridgehead atoms. The summed E-state index contributed by atoms with van der Waals surface area (Å²) in [6, 6.07) is 7.07. The standard InChI is InChI=1S/C17H21N3O2S/c1-3-9-20-10-8-14-15(11-20)23-17(18-14)19-16(21)12-4-6-13(22-2)7-5-12/h4-7H,3,8-11H2,1-2H3,(H,18,19,21). The van der Waals surface area contributed by atoms with E-state index in [1.54, 1.807) is 42.7 Å². The molecule has 0 saturated carbocycles. The number of methoxy groups -OCH3 is 1. The molecule has 1 aliphatic heterocycles. The van der Waals surface area contributed by atoms with Gasteiger partial charge in [0.1, 0.15) is 5.75 Å². The summed E-state index contributed by atoms with van der Waals surface area (Å²) in [5, 5.41) is 3.60. The summed E-state index contributed by atoms with van der Waals surface area (Å²) in [6.45, 7) is 5.31.